The van der Waals surface area contributed by atoms with Crippen LogP contribution in [0.1, 0.15) is 48.1 Å². The molecular weight excluding hydrogens is 526 g/mol. The number of nitrogen functional groups attached to an aromatic ring is 1. The van der Waals surface area contributed by atoms with Crippen molar-refractivity contribution in [3.05, 3.63) is 27.4 Å². The number of aryl methyl sites for hydroxylation is 1. The van der Waals surface area contributed by atoms with Gasteiger partial charge in [-0.1, -0.05) is 0 Å². The average Bonchev–Trinajstić information content (AvgIpc) is 3.51. The van der Waals surface area contributed by atoms with Gasteiger partial charge in [0.2, 0.25) is 17.9 Å². The Kier molecular flexibility index (Phi) is 6.45. The molecule has 3 aliphatic heterocycles. The lowest BCUT2D eigenvalue weighted by molar-refractivity contribution is 0.0231. The van der Waals surface area contributed by atoms with Gasteiger partial charge in [-0.15, -0.1) is 11.3 Å². The zero-order valence-electron chi connectivity index (χ0n) is 22.8. The molecule has 1 spiro atoms. The number of rotatable bonds is 7. The third kappa shape index (κ3) is 4.62. The highest BCUT2D eigenvalue weighted by atomic mass is 32.1. The summed E-state index contributed by atoms with van der Waals surface area (Å²) in [7, 11) is 0. The van der Waals surface area contributed by atoms with Crippen LogP contribution < -0.4 is 20.3 Å². The van der Waals surface area contributed by atoms with Crippen LogP contribution in [-0.2, 0) is 16.6 Å². The summed E-state index contributed by atoms with van der Waals surface area (Å²) < 4.78 is 11.9. The Balaban J connectivity index is 1.12. The molecule has 5 aliphatic rings. The number of nitrogens with two attached hydrogens (primary N) is 1. The molecule has 2 aromatic rings. The predicted octanol–water partition coefficient (Wildman–Crippen LogP) is 2.47. The number of nitriles is 1. The molecule has 4 fully saturated rings. The quantitative estimate of drug-likeness (QED) is 0.505. The molecule has 1 unspecified atom stereocenters. The first-order valence-corrected chi connectivity index (χ1v) is 15.2. The lowest BCUT2D eigenvalue weighted by atomic mass is 9.74. The van der Waals surface area contributed by atoms with Crippen LogP contribution in [0.2, 0.25) is 0 Å². The molecule has 5 heterocycles. The van der Waals surface area contributed by atoms with Gasteiger partial charge in [0, 0.05) is 61.4 Å². The van der Waals surface area contributed by atoms with Crippen molar-refractivity contribution in [3.63, 3.8) is 0 Å². The smallest absolute Gasteiger partial charge is 0.323 e. The first-order chi connectivity index (χ1) is 19.5. The minimum Gasteiger partial charge on any atom is -0.463 e. The van der Waals surface area contributed by atoms with E-state index in [9.17, 15) is 5.26 Å². The van der Waals surface area contributed by atoms with Gasteiger partial charge in [0.25, 0.3) is 0 Å². The van der Waals surface area contributed by atoms with Gasteiger partial charge < -0.3 is 29.9 Å². The van der Waals surface area contributed by atoms with Crippen molar-refractivity contribution >= 4 is 28.2 Å². The molecule has 12 heteroatoms. The van der Waals surface area contributed by atoms with E-state index in [1.807, 2.05) is 0 Å². The third-order valence-corrected chi connectivity index (χ3v) is 10.4. The van der Waals surface area contributed by atoms with Crippen LogP contribution in [-0.4, -0.2) is 91.5 Å². The van der Waals surface area contributed by atoms with Crippen LogP contribution in [0.4, 0.5) is 16.9 Å². The Morgan fingerprint density at radius 1 is 1.12 bits per heavy atom. The second kappa shape index (κ2) is 10.0. The van der Waals surface area contributed by atoms with E-state index in [1.54, 1.807) is 11.3 Å². The zero-order valence-corrected chi connectivity index (χ0v) is 23.6. The summed E-state index contributed by atoms with van der Waals surface area (Å²) in [6.07, 6.45) is 6.13. The van der Waals surface area contributed by atoms with Gasteiger partial charge in [-0.25, -0.2) is 6.57 Å². The minimum atomic E-state index is -0.0706. The van der Waals surface area contributed by atoms with Gasteiger partial charge in [0.1, 0.15) is 11.1 Å². The van der Waals surface area contributed by atoms with Crippen molar-refractivity contribution < 1.29 is 9.47 Å². The van der Waals surface area contributed by atoms with Gasteiger partial charge in [0.05, 0.1) is 31.9 Å². The molecule has 2 N–H and O–H groups in total. The number of morpholine rings is 1. The summed E-state index contributed by atoms with van der Waals surface area (Å²) in [5, 5.41) is 10.4. The van der Waals surface area contributed by atoms with E-state index < -0.39 is 0 Å². The Hall–Kier alpha value is -3.19. The SMILES string of the molecule is [C-]#[N+]C1CCCN(c2nc(OCC3(CN4CCOCC4)CC3)nc(N3CC4(CCc5sc(N)c(C#N)c54)C3)n2)C1. The molecule has 3 saturated heterocycles. The summed E-state index contributed by atoms with van der Waals surface area (Å²) in [4.78, 5) is 26.3. The fraction of sp³-hybridized carbons (Fsp3) is 0.679. The number of fused-ring (bicyclic) bond motifs is 2. The lowest BCUT2D eigenvalue weighted by Gasteiger charge is -2.48. The Labute approximate surface area is 238 Å². The number of anilines is 3. The number of ether oxygens (including phenoxy) is 2. The standard InChI is InChI=1S/C28H35N9O2S/c1-31-19-3-2-8-36(14-19)24-32-25(37-16-28(17-37)5-4-21-22(28)20(13-29)23(30)40-21)34-26(33-24)39-18-27(6-7-27)15-35-9-11-38-12-10-35/h19H,2-12,14-18,30H2. The fourth-order valence-electron chi connectivity index (χ4n) is 6.87. The van der Waals surface area contributed by atoms with E-state index in [2.05, 4.69) is 25.6 Å². The van der Waals surface area contributed by atoms with E-state index in [1.165, 1.54) is 4.88 Å². The fourth-order valence-corrected chi connectivity index (χ4v) is 8.01. The number of aromatic nitrogens is 3. The van der Waals surface area contributed by atoms with Crippen molar-refractivity contribution in [2.24, 2.45) is 5.41 Å². The molecule has 0 radical (unpaired) electrons. The van der Waals surface area contributed by atoms with Crippen LogP contribution in [0.25, 0.3) is 4.85 Å². The Morgan fingerprint density at radius 2 is 1.90 bits per heavy atom. The first-order valence-electron chi connectivity index (χ1n) is 14.4. The Bertz CT molecular complexity index is 1360. The van der Waals surface area contributed by atoms with E-state index in [-0.39, 0.29) is 16.9 Å². The Morgan fingerprint density at radius 3 is 2.62 bits per heavy atom. The van der Waals surface area contributed by atoms with Gasteiger partial charge in [0.15, 0.2) is 0 Å². The number of nitrogens with zero attached hydrogens (tertiary/aromatic N) is 8. The molecule has 1 atom stereocenters. The summed E-state index contributed by atoms with van der Waals surface area (Å²) in [5.74, 6) is 1.21. The van der Waals surface area contributed by atoms with E-state index in [0.29, 0.717) is 41.6 Å². The molecule has 7 rings (SSSR count). The van der Waals surface area contributed by atoms with Crippen molar-refractivity contribution in [1.29, 1.82) is 5.26 Å². The van der Waals surface area contributed by atoms with Crippen molar-refractivity contribution in [1.82, 2.24) is 19.9 Å². The highest BCUT2D eigenvalue weighted by molar-refractivity contribution is 7.16. The van der Waals surface area contributed by atoms with Crippen LogP contribution in [0, 0.1) is 23.3 Å². The maximum absolute atomic E-state index is 9.78. The molecule has 210 valence electrons. The van der Waals surface area contributed by atoms with Crippen molar-refractivity contribution in [3.8, 4) is 12.1 Å². The number of thiophene rings is 1. The maximum atomic E-state index is 9.78. The molecule has 11 nitrogen and oxygen atoms in total. The summed E-state index contributed by atoms with van der Waals surface area (Å²) in [5.41, 5.74) is 8.07. The molecule has 1 saturated carbocycles. The second-order valence-electron chi connectivity index (χ2n) is 12.2. The first kappa shape index (κ1) is 25.8. The van der Waals surface area contributed by atoms with E-state index in [0.717, 1.165) is 96.6 Å². The van der Waals surface area contributed by atoms with E-state index >= 15 is 0 Å². The minimum absolute atomic E-state index is 0.0424. The van der Waals surface area contributed by atoms with Crippen LogP contribution in [0.3, 0.4) is 0 Å². The molecule has 0 bridgehead atoms. The second-order valence-corrected chi connectivity index (χ2v) is 13.3. The maximum Gasteiger partial charge on any atom is 0.323 e. The van der Waals surface area contributed by atoms with Crippen LogP contribution in [0.5, 0.6) is 6.01 Å². The summed E-state index contributed by atoms with van der Waals surface area (Å²) >= 11 is 1.56. The average molecular weight is 562 g/mol. The summed E-state index contributed by atoms with van der Waals surface area (Å²) in [6, 6.07) is 2.68. The number of hydrogen-bond donors (Lipinski definition) is 1. The van der Waals surface area contributed by atoms with Crippen molar-refractivity contribution in [2.75, 3.05) is 81.2 Å². The molecule has 2 aromatic heterocycles. The normalized spacial score (nSPS) is 24.7. The molecule has 40 heavy (non-hydrogen) atoms. The largest absolute Gasteiger partial charge is 0.463 e. The third-order valence-electron chi connectivity index (χ3n) is 9.33. The predicted molar refractivity (Wildman–Crippen MR) is 152 cm³/mol. The van der Waals surface area contributed by atoms with Gasteiger partial charge in [-0.05, 0) is 37.7 Å². The number of piperidine rings is 1. The van der Waals surface area contributed by atoms with Gasteiger partial charge >= 0.3 is 6.01 Å². The highest BCUT2D eigenvalue weighted by Crippen LogP contribution is 2.52. The zero-order chi connectivity index (χ0) is 27.3. The van der Waals surface area contributed by atoms with Crippen LogP contribution in [0.15, 0.2) is 0 Å². The topological polar surface area (TPSA) is 121 Å². The lowest BCUT2D eigenvalue weighted by Crippen LogP contribution is -2.59. The highest BCUT2D eigenvalue weighted by Gasteiger charge is 2.52. The number of hydrogen-bond acceptors (Lipinski definition) is 11. The van der Waals surface area contributed by atoms with Crippen LogP contribution >= 0.6 is 11.3 Å². The molecule has 0 amide bonds. The van der Waals surface area contributed by atoms with Gasteiger partial charge in [-0.3, -0.25) is 4.90 Å². The van der Waals surface area contributed by atoms with Gasteiger partial charge in [-0.2, -0.15) is 20.2 Å². The monoisotopic (exact) mass is 561 g/mol. The van der Waals surface area contributed by atoms with E-state index in [4.69, 9.17) is 36.7 Å². The molecule has 2 aliphatic carbocycles. The molecular formula is C28H35N9O2S. The summed E-state index contributed by atoms with van der Waals surface area (Å²) in [6.45, 7) is 15.6. The van der Waals surface area contributed by atoms with Crippen molar-refractivity contribution in [2.45, 2.75) is 50.0 Å². The molecule has 0 aromatic carbocycles.